The number of carbonyl (C=O) groups is 1. The van der Waals surface area contributed by atoms with Crippen molar-refractivity contribution in [2.24, 2.45) is 0 Å². The summed E-state index contributed by atoms with van der Waals surface area (Å²) in [4.78, 5) is 12.1. The number of carbonyl (C=O) groups excluding carboxylic acids is 1. The number of benzene rings is 2. The van der Waals surface area contributed by atoms with E-state index in [2.05, 4.69) is 54.0 Å². The molecule has 2 aromatic rings. The zero-order valence-corrected chi connectivity index (χ0v) is 14.0. The minimum Gasteiger partial charge on any atom is -0.289 e. The first-order chi connectivity index (χ1) is 9.95. The van der Waals surface area contributed by atoms with Crippen molar-refractivity contribution in [1.82, 2.24) is 0 Å². The molecule has 1 aliphatic rings. The topological polar surface area (TPSA) is 17.1 Å². The Balaban J connectivity index is 2.20. The number of hydrogen-bond donors (Lipinski definition) is 0. The van der Waals surface area contributed by atoms with Crippen LogP contribution in [0.4, 0.5) is 0 Å². The van der Waals surface area contributed by atoms with E-state index in [1.54, 1.807) is 12.2 Å². The van der Waals surface area contributed by atoms with Crippen molar-refractivity contribution in [3.8, 4) is 11.1 Å². The zero-order valence-electron chi connectivity index (χ0n) is 12.4. The average Bonchev–Trinajstić information content (AvgIpc) is 2.67. The fourth-order valence-electron chi connectivity index (χ4n) is 3.11. The first kappa shape index (κ1) is 14.3. The van der Waals surface area contributed by atoms with E-state index in [0.717, 1.165) is 10.0 Å². The molecular formula is C19H17BrO. The normalized spacial score (nSPS) is 15.0. The van der Waals surface area contributed by atoms with Crippen LogP contribution in [0.15, 0.2) is 53.0 Å². The first-order valence-corrected chi connectivity index (χ1v) is 7.86. The number of ketones is 1. The monoisotopic (exact) mass is 340 g/mol. The molecule has 2 heteroatoms. The van der Waals surface area contributed by atoms with Crippen molar-refractivity contribution in [2.75, 3.05) is 0 Å². The predicted molar refractivity (Wildman–Crippen MR) is 90.9 cm³/mol. The van der Waals surface area contributed by atoms with E-state index in [9.17, 15) is 4.79 Å². The Bertz CT molecular complexity index is 769. The third kappa shape index (κ3) is 2.18. The summed E-state index contributed by atoms with van der Waals surface area (Å²) < 4.78 is 1.09. The molecule has 1 aliphatic carbocycles. The van der Waals surface area contributed by atoms with Gasteiger partial charge in [-0.15, -0.1) is 0 Å². The van der Waals surface area contributed by atoms with Gasteiger partial charge in [0.25, 0.3) is 0 Å². The van der Waals surface area contributed by atoms with Gasteiger partial charge in [-0.25, -0.2) is 0 Å². The second-order valence-corrected chi connectivity index (χ2v) is 6.86. The fourth-order valence-corrected chi connectivity index (χ4v) is 3.47. The van der Waals surface area contributed by atoms with E-state index in [0.29, 0.717) is 0 Å². The van der Waals surface area contributed by atoms with Crippen LogP contribution in [0.1, 0.15) is 42.3 Å². The Morgan fingerprint density at radius 1 is 1.05 bits per heavy atom. The molecule has 0 aliphatic heterocycles. The molecule has 2 aromatic carbocycles. The number of halogens is 1. The highest BCUT2D eigenvalue weighted by Crippen LogP contribution is 2.49. The van der Waals surface area contributed by atoms with Crippen LogP contribution in [-0.4, -0.2) is 5.78 Å². The van der Waals surface area contributed by atoms with E-state index in [1.807, 2.05) is 19.1 Å². The maximum Gasteiger partial charge on any atom is 0.185 e. The van der Waals surface area contributed by atoms with Gasteiger partial charge >= 0.3 is 0 Å². The number of allylic oxidation sites excluding steroid dienone is 2. The molecule has 0 aromatic heterocycles. The highest BCUT2D eigenvalue weighted by atomic mass is 79.9. The van der Waals surface area contributed by atoms with E-state index >= 15 is 0 Å². The molecule has 0 saturated carbocycles. The van der Waals surface area contributed by atoms with Crippen molar-refractivity contribution in [2.45, 2.75) is 26.2 Å². The molecule has 0 unspecified atom stereocenters. The first-order valence-electron chi connectivity index (χ1n) is 7.07. The second kappa shape index (κ2) is 4.96. The molecule has 0 N–H and O–H groups in total. The molecule has 1 nitrogen and oxygen atoms in total. The second-order valence-electron chi connectivity index (χ2n) is 5.94. The van der Waals surface area contributed by atoms with E-state index in [-0.39, 0.29) is 11.2 Å². The Hall–Kier alpha value is -1.67. The molecule has 0 radical (unpaired) electrons. The van der Waals surface area contributed by atoms with Crippen LogP contribution in [0.5, 0.6) is 0 Å². The molecule has 0 atom stereocenters. The summed E-state index contributed by atoms with van der Waals surface area (Å²) in [5.74, 6) is 0.0632. The molecule has 0 saturated heterocycles. The smallest absolute Gasteiger partial charge is 0.185 e. The Morgan fingerprint density at radius 2 is 1.67 bits per heavy atom. The van der Waals surface area contributed by atoms with Crippen LogP contribution >= 0.6 is 15.9 Å². The summed E-state index contributed by atoms with van der Waals surface area (Å²) in [5, 5.41) is 0. The van der Waals surface area contributed by atoms with E-state index in [1.165, 1.54) is 22.3 Å². The van der Waals surface area contributed by atoms with Crippen LogP contribution in [0.3, 0.4) is 0 Å². The number of rotatable bonds is 2. The molecule has 3 rings (SSSR count). The summed E-state index contributed by atoms with van der Waals surface area (Å²) in [6.07, 6.45) is 3.40. The fraction of sp³-hybridized carbons (Fsp3) is 0.211. The van der Waals surface area contributed by atoms with Gasteiger partial charge in [0.2, 0.25) is 0 Å². The van der Waals surface area contributed by atoms with Gasteiger partial charge in [0.15, 0.2) is 5.78 Å². The van der Waals surface area contributed by atoms with Gasteiger partial charge in [0.05, 0.1) is 0 Å². The van der Waals surface area contributed by atoms with Crippen molar-refractivity contribution < 1.29 is 4.79 Å². The molecule has 0 fully saturated rings. The summed E-state index contributed by atoms with van der Waals surface area (Å²) in [6.45, 7) is 6.30. The quantitative estimate of drug-likeness (QED) is 0.520. The molecule has 0 spiro atoms. The SMILES string of the molecule is C/C=C/C(=O)c1ccc2c(c1)C(C)(C)c1cc(Br)ccc1-2. The standard InChI is InChI=1S/C19H17BrO/c1-4-5-18(21)12-6-8-14-15-9-7-13(20)11-17(15)19(2,3)16(14)10-12/h4-11H,1-3H3/b5-4+. The van der Waals surface area contributed by atoms with Crippen molar-refractivity contribution in [3.05, 3.63) is 69.7 Å². The van der Waals surface area contributed by atoms with Gasteiger partial charge in [-0.3, -0.25) is 4.79 Å². The van der Waals surface area contributed by atoms with E-state index < -0.39 is 0 Å². The van der Waals surface area contributed by atoms with E-state index in [4.69, 9.17) is 0 Å². The molecule has 106 valence electrons. The minimum atomic E-state index is -0.0827. The zero-order chi connectivity index (χ0) is 15.2. The molecule has 0 bridgehead atoms. The maximum absolute atomic E-state index is 12.1. The van der Waals surface area contributed by atoms with Crippen LogP contribution in [0.25, 0.3) is 11.1 Å². The van der Waals surface area contributed by atoms with Crippen LogP contribution in [0, 0.1) is 0 Å². The summed E-state index contributed by atoms with van der Waals surface area (Å²) >= 11 is 3.56. The highest BCUT2D eigenvalue weighted by molar-refractivity contribution is 9.10. The lowest BCUT2D eigenvalue weighted by molar-refractivity contribution is 0.104. The molecule has 21 heavy (non-hydrogen) atoms. The lowest BCUT2D eigenvalue weighted by atomic mass is 9.82. The molecule has 0 heterocycles. The lowest BCUT2D eigenvalue weighted by Gasteiger charge is -2.22. The highest BCUT2D eigenvalue weighted by Gasteiger charge is 2.35. The maximum atomic E-state index is 12.1. The van der Waals surface area contributed by atoms with Gasteiger partial charge in [-0.2, -0.15) is 0 Å². The largest absolute Gasteiger partial charge is 0.289 e. The summed E-state index contributed by atoms with van der Waals surface area (Å²) in [6, 6.07) is 12.5. The minimum absolute atomic E-state index is 0.0632. The summed E-state index contributed by atoms with van der Waals surface area (Å²) in [5.41, 5.74) is 5.71. The van der Waals surface area contributed by atoms with Crippen molar-refractivity contribution in [3.63, 3.8) is 0 Å². The Labute approximate surface area is 133 Å². The molecular weight excluding hydrogens is 324 g/mol. The van der Waals surface area contributed by atoms with Gasteiger partial charge in [-0.1, -0.05) is 54.1 Å². The van der Waals surface area contributed by atoms with Crippen LogP contribution < -0.4 is 0 Å². The van der Waals surface area contributed by atoms with Gasteiger partial charge in [-0.05, 0) is 53.5 Å². The van der Waals surface area contributed by atoms with Crippen molar-refractivity contribution >= 4 is 21.7 Å². The number of fused-ring (bicyclic) bond motifs is 3. The van der Waals surface area contributed by atoms with Crippen LogP contribution in [0.2, 0.25) is 0 Å². The average molecular weight is 341 g/mol. The Kier molecular flexibility index (Phi) is 3.37. The van der Waals surface area contributed by atoms with Gasteiger partial charge in [0, 0.05) is 15.5 Å². The predicted octanol–water partition coefficient (Wildman–Crippen LogP) is 5.51. The number of hydrogen-bond acceptors (Lipinski definition) is 1. The lowest BCUT2D eigenvalue weighted by Crippen LogP contribution is -2.15. The van der Waals surface area contributed by atoms with Crippen LogP contribution in [-0.2, 0) is 5.41 Å². The third-order valence-corrected chi connectivity index (χ3v) is 4.73. The molecule has 0 amide bonds. The van der Waals surface area contributed by atoms with Gasteiger partial charge in [0.1, 0.15) is 0 Å². The summed E-state index contributed by atoms with van der Waals surface area (Å²) in [7, 11) is 0. The third-order valence-electron chi connectivity index (χ3n) is 4.24. The van der Waals surface area contributed by atoms with Gasteiger partial charge < -0.3 is 0 Å². The van der Waals surface area contributed by atoms with Crippen molar-refractivity contribution in [1.29, 1.82) is 0 Å². The Morgan fingerprint density at radius 3 is 2.33 bits per heavy atom.